The van der Waals surface area contributed by atoms with Crippen molar-refractivity contribution in [2.75, 3.05) is 0 Å². The minimum Gasteiger partial charge on any atom is -0.227 e. The van der Waals surface area contributed by atoms with E-state index in [1.807, 2.05) is 0 Å². The van der Waals surface area contributed by atoms with Crippen molar-refractivity contribution in [1.82, 2.24) is 0 Å². The van der Waals surface area contributed by atoms with Crippen LogP contribution in [0.3, 0.4) is 0 Å². The highest BCUT2D eigenvalue weighted by atomic mass is 32.2. The van der Waals surface area contributed by atoms with Crippen molar-refractivity contribution < 1.29 is 8.42 Å². The van der Waals surface area contributed by atoms with E-state index in [2.05, 4.69) is 13.2 Å². The van der Waals surface area contributed by atoms with Crippen molar-refractivity contribution >= 4 is 9.84 Å². The summed E-state index contributed by atoms with van der Waals surface area (Å²) in [5, 5.41) is -1.30. The second-order valence-corrected chi connectivity index (χ2v) is 6.26. The zero-order valence-electron chi connectivity index (χ0n) is 9.41. The number of allylic oxidation sites excluding steroid dienone is 6. The molecule has 0 fully saturated rings. The van der Waals surface area contributed by atoms with Crippen LogP contribution in [0.15, 0.2) is 72.9 Å². The van der Waals surface area contributed by atoms with Gasteiger partial charge in [0.1, 0.15) is 10.5 Å². The Kier molecular flexibility index (Phi) is 3.03. The Balaban J connectivity index is 2.37. The first-order valence-corrected chi connectivity index (χ1v) is 6.94. The normalized spacial score (nSPS) is 27.8. The van der Waals surface area contributed by atoms with Gasteiger partial charge in [-0.05, 0) is 11.1 Å². The summed E-state index contributed by atoms with van der Waals surface area (Å²) >= 11 is 0. The molecule has 0 saturated carbocycles. The third kappa shape index (κ3) is 2.11. The average Bonchev–Trinajstić information content (AvgIpc) is 2.29. The maximum Gasteiger partial charge on any atom is 0.171 e. The van der Waals surface area contributed by atoms with Gasteiger partial charge in [-0.25, -0.2) is 8.42 Å². The Morgan fingerprint density at radius 3 is 1.59 bits per heavy atom. The zero-order chi connectivity index (χ0) is 12.5. The molecule has 0 aromatic rings. The Morgan fingerprint density at radius 2 is 1.24 bits per heavy atom. The Morgan fingerprint density at radius 1 is 0.824 bits per heavy atom. The van der Waals surface area contributed by atoms with Gasteiger partial charge in [-0.1, -0.05) is 61.8 Å². The highest BCUT2D eigenvalue weighted by Gasteiger charge is 2.34. The van der Waals surface area contributed by atoms with E-state index in [1.54, 1.807) is 48.6 Å². The highest BCUT2D eigenvalue weighted by molar-refractivity contribution is 7.93. The van der Waals surface area contributed by atoms with E-state index >= 15 is 0 Å². The van der Waals surface area contributed by atoms with Gasteiger partial charge in [-0.2, -0.15) is 0 Å². The average molecular weight is 246 g/mol. The van der Waals surface area contributed by atoms with Gasteiger partial charge in [0.2, 0.25) is 0 Å². The Hall–Kier alpha value is -1.61. The van der Waals surface area contributed by atoms with Gasteiger partial charge in [0.25, 0.3) is 0 Å². The molecule has 0 amide bonds. The molecule has 0 aromatic carbocycles. The molecular weight excluding hydrogens is 232 g/mol. The minimum absolute atomic E-state index is 0.600. The predicted molar refractivity (Wildman–Crippen MR) is 71.3 cm³/mol. The fourth-order valence-corrected chi connectivity index (χ4v) is 3.86. The SMILES string of the molecule is C=C1C=CC=CC1S(=O)(=O)C1C=CC=CC1=C. The summed E-state index contributed by atoms with van der Waals surface area (Å²) < 4.78 is 24.9. The molecular formula is C14H14O2S. The van der Waals surface area contributed by atoms with Crippen molar-refractivity contribution in [3.63, 3.8) is 0 Å². The van der Waals surface area contributed by atoms with Crippen LogP contribution in [0, 0.1) is 0 Å². The van der Waals surface area contributed by atoms with Crippen molar-refractivity contribution in [3.05, 3.63) is 72.9 Å². The van der Waals surface area contributed by atoms with Gasteiger partial charge in [-0.3, -0.25) is 0 Å². The molecule has 3 heteroatoms. The van der Waals surface area contributed by atoms with Crippen LogP contribution >= 0.6 is 0 Å². The van der Waals surface area contributed by atoms with Crippen LogP contribution < -0.4 is 0 Å². The van der Waals surface area contributed by atoms with Crippen LogP contribution in [0.5, 0.6) is 0 Å². The maximum atomic E-state index is 12.5. The monoisotopic (exact) mass is 246 g/mol. The van der Waals surface area contributed by atoms with Crippen LogP contribution in [0.1, 0.15) is 0 Å². The fraction of sp³-hybridized carbons (Fsp3) is 0.143. The van der Waals surface area contributed by atoms with E-state index in [9.17, 15) is 8.42 Å². The van der Waals surface area contributed by atoms with Crippen LogP contribution in [-0.4, -0.2) is 18.9 Å². The quantitative estimate of drug-likeness (QED) is 0.750. The first-order valence-electron chi connectivity index (χ1n) is 5.33. The van der Waals surface area contributed by atoms with Gasteiger partial charge >= 0.3 is 0 Å². The van der Waals surface area contributed by atoms with Gasteiger partial charge in [0.05, 0.1) is 0 Å². The van der Waals surface area contributed by atoms with Gasteiger partial charge in [-0.15, -0.1) is 0 Å². The van der Waals surface area contributed by atoms with Crippen molar-refractivity contribution in [2.45, 2.75) is 10.5 Å². The third-order valence-corrected chi connectivity index (χ3v) is 5.19. The van der Waals surface area contributed by atoms with Gasteiger partial charge in [0.15, 0.2) is 9.84 Å². The lowest BCUT2D eigenvalue weighted by Crippen LogP contribution is -2.32. The zero-order valence-corrected chi connectivity index (χ0v) is 10.2. The van der Waals surface area contributed by atoms with E-state index in [4.69, 9.17) is 0 Å². The standard InChI is InChI=1S/C14H14O2S/c1-11-7-3-5-9-13(11)17(15,16)14-10-6-4-8-12(14)2/h3-10,13-14H,1-2H2. The van der Waals surface area contributed by atoms with Crippen molar-refractivity contribution in [1.29, 1.82) is 0 Å². The first kappa shape index (κ1) is 11.9. The van der Waals surface area contributed by atoms with Crippen molar-refractivity contribution in [3.8, 4) is 0 Å². The molecule has 0 aliphatic heterocycles. The van der Waals surface area contributed by atoms with E-state index < -0.39 is 20.3 Å². The molecule has 0 radical (unpaired) electrons. The molecule has 0 bridgehead atoms. The molecule has 2 atom stereocenters. The lowest BCUT2D eigenvalue weighted by molar-refractivity contribution is 0.590. The third-order valence-electron chi connectivity index (χ3n) is 2.85. The first-order chi connectivity index (χ1) is 8.03. The number of hydrogen-bond donors (Lipinski definition) is 0. The molecule has 2 aliphatic rings. The fourth-order valence-electron chi connectivity index (χ4n) is 1.92. The smallest absolute Gasteiger partial charge is 0.171 e. The summed E-state index contributed by atoms with van der Waals surface area (Å²) in [7, 11) is -3.36. The summed E-state index contributed by atoms with van der Waals surface area (Å²) in [6.07, 6.45) is 13.8. The molecule has 17 heavy (non-hydrogen) atoms. The molecule has 0 heterocycles. The molecule has 2 rings (SSSR count). The van der Waals surface area contributed by atoms with Crippen LogP contribution in [0.4, 0.5) is 0 Å². The van der Waals surface area contributed by atoms with E-state index in [-0.39, 0.29) is 0 Å². The maximum absolute atomic E-state index is 12.5. The molecule has 0 spiro atoms. The lowest BCUT2D eigenvalue weighted by atomic mass is 10.1. The van der Waals surface area contributed by atoms with E-state index in [1.165, 1.54) is 0 Å². The molecule has 2 nitrogen and oxygen atoms in total. The second-order valence-electron chi connectivity index (χ2n) is 4.07. The van der Waals surface area contributed by atoms with E-state index in [0.29, 0.717) is 11.1 Å². The van der Waals surface area contributed by atoms with Gasteiger partial charge < -0.3 is 0 Å². The number of rotatable bonds is 2. The van der Waals surface area contributed by atoms with Gasteiger partial charge in [0, 0.05) is 0 Å². The van der Waals surface area contributed by atoms with Crippen LogP contribution in [-0.2, 0) is 9.84 Å². The summed E-state index contributed by atoms with van der Waals surface area (Å²) in [6.45, 7) is 7.59. The summed E-state index contributed by atoms with van der Waals surface area (Å²) in [6, 6.07) is 0. The second kappa shape index (κ2) is 4.34. The summed E-state index contributed by atoms with van der Waals surface area (Å²) in [5.74, 6) is 0. The molecule has 0 saturated heterocycles. The lowest BCUT2D eigenvalue weighted by Gasteiger charge is -2.23. The van der Waals surface area contributed by atoms with Crippen molar-refractivity contribution in [2.24, 2.45) is 0 Å². The largest absolute Gasteiger partial charge is 0.227 e. The number of hydrogen-bond acceptors (Lipinski definition) is 2. The Labute approximate surface area is 102 Å². The summed E-state index contributed by atoms with van der Waals surface area (Å²) in [5.41, 5.74) is 1.20. The summed E-state index contributed by atoms with van der Waals surface area (Å²) in [4.78, 5) is 0. The molecule has 2 aliphatic carbocycles. The number of sulfone groups is 1. The topological polar surface area (TPSA) is 34.1 Å². The van der Waals surface area contributed by atoms with Crippen LogP contribution in [0.25, 0.3) is 0 Å². The predicted octanol–water partition coefficient (Wildman–Crippen LogP) is 2.50. The minimum atomic E-state index is -3.36. The van der Waals surface area contributed by atoms with E-state index in [0.717, 1.165) is 0 Å². The molecule has 0 N–H and O–H groups in total. The Bertz CT molecular complexity index is 525. The molecule has 2 unspecified atom stereocenters. The highest BCUT2D eigenvalue weighted by Crippen LogP contribution is 2.27. The van der Waals surface area contributed by atoms with Crippen LogP contribution in [0.2, 0.25) is 0 Å². The molecule has 0 aromatic heterocycles. The molecule has 88 valence electrons.